The van der Waals surface area contributed by atoms with Gasteiger partial charge in [-0.2, -0.15) is 0 Å². The summed E-state index contributed by atoms with van der Waals surface area (Å²) in [7, 11) is 0. The first-order valence-corrected chi connectivity index (χ1v) is 6.29. The van der Waals surface area contributed by atoms with Crippen molar-refractivity contribution in [1.82, 2.24) is 0 Å². The third-order valence-electron chi connectivity index (χ3n) is 1.34. The highest BCUT2D eigenvalue weighted by Gasteiger charge is 2.06. The van der Waals surface area contributed by atoms with Gasteiger partial charge in [0, 0.05) is 11.0 Å². The molecule has 0 unspecified atom stereocenters. The summed E-state index contributed by atoms with van der Waals surface area (Å²) in [6.45, 7) is 0.626. The van der Waals surface area contributed by atoms with E-state index in [0.29, 0.717) is 12.3 Å². The topological polar surface area (TPSA) is 35.2 Å². The third kappa shape index (κ3) is 3.14. The van der Waals surface area contributed by atoms with Gasteiger partial charge in [0.2, 0.25) is 0 Å². The Labute approximate surface area is 102 Å². The number of hydrogen-bond acceptors (Lipinski definition) is 2. The van der Waals surface area contributed by atoms with Crippen LogP contribution in [0.15, 0.2) is 21.1 Å². The predicted molar refractivity (Wildman–Crippen MR) is 65.5 cm³/mol. The van der Waals surface area contributed by atoms with Crippen molar-refractivity contribution in [3.8, 4) is 5.75 Å². The molecule has 0 saturated heterocycles. The molecule has 13 heavy (non-hydrogen) atoms. The Bertz CT molecular complexity index is 280. The van der Waals surface area contributed by atoms with E-state index in [-0.39, 0.29) is 0 Å². The molecular weight excluding hydrogens is 366 g/mol. The lowest BCUT2D eigenvalue weighted by Gasteiger charge is -2.09. The SMILES string of the molecule is Nc1cc(Br)c(OCCBr)c(Br)c1. The molecule has 0 bridgehead atoms. The number of benzene rings is 1. The van der Waals surface area contributed by atoms with E-state index in [1.807, 2.05) is 12.1 Å². The minimum absolute atomic E-state index is 0.626. The Kier molecular flexibility index (Phi) is 4.55. The van der Waals surface area contributed by atoms with Gasteiger partial charge in [-0.05, 0) is 44.0 Å². The molecule has 0 aliphatic carbocycles. The second kappa shape index (κ2) is 5.22. The molecule has 0 amide bonds. The van der Waals surface area contributed by atoms with E-state index < -0.39 is 0 Å². The lowest BCUT2D eigenvalue weighted by atomic mass is 10.3. The summed E-state index contributed by atoms with van der Waals surface area (Å²) >= 11 is 10.0. The minimum atomic E-state index is 0.626. The van der Waals surface area contributed by atoms with Crippen LogP contribution in [0.1, 0.15) is 0 Å². The summed E-state index contributed by atoms with van der Waals surface area (Å²) in [5.74, 6) is 0.786. The lowest BCUT2D eigenvalue weighted by molar-refractivity contribution is 0.341. The summed E-state index contributed by atoms with van der Waals surface area (Å²) in [5, 5.41) is 0.802. The molecular formula is C8H8Br3NO. The average Bonchev–Trinajstić information content (AvgIpc) is 2.02. The highest BCUT2D eigenvalue weighted by Crippen LogP contribution is 2.35. The highest BCUT2D eigenvalue weighted by molar-refractivity contribution is 9.11. The van der Waals surface area contributed by atoms with Crippen molar-refractivity contribution in [1.29, 1.82) is 0 Å². The number of nitrogens with two attached hydrogens (primary N) is 1. The van der Waals surface area contributed by atoms with E-state index >= 15 is 0 Å². The van der Waals surface area contributed by atoms with E-state index in [2.05, 4.69) is 47.8 Å². The summed E-state index contributed by atoms with van der Waals surface area (Å²) in [4.78, 5) is 0. The van der Waals surface area contributed by atoms with Gasteiger partial charge in [-0.1, -0.05) is 15.9 Å². The number of halogens is 3. The quantitative estimate of drug-likeness (QED) is 0.649. The van der Waals surface area contributed by atoms with Crippen LogP contribution in [0.3, 0.4) is 0 Å². The van der Waals surface area contributed by atoms with Crippen LogP contribution in [0.5, 0.6) is 5.75 Å². The number of hydrogen-bond donors (Lipinski definition) is 1. The summed E-state index contributed by atoms with van der Waals surface area (Å²) in [6.07, 6.45) is 0. The molecule has 0 aliphatic heterocycles. The molecule has 1 aromatic rings. The molecule has 0 fully saturated rings. The largest absolute Gasteiger partial charge is 0.490 e. The Morgan fingerprint density at radius 1 is 1.23 bits per heavy atom. The Hall–Kier alpha value is 0.260. The fraction of sp³-hybridized carbons (Fsp3) is 0.250. The van der Waals surface area contributed by atoms with Crippen molar-refractivity contribution >= 4 is 53.5 Å². The molecule has 2 nitrogen and oxygen atoms in total. The maximum absolute atomic E-state index is 5.63. The van der Waals surface area contributed by atoms with Crippen molar-refractivity contribution in [3.05, 3.63) is 21.1 Å². The van der Waals surface area contributed by atoms with Crippen LogP contribution in [0.4, 0.5) is 5.69 Å². The van der Waals surface area contributed by atoms with Gasteiger partial charge in [0.1, 0.15) is 5.75 Å². The first-order chi connectivity index (χ1) is 6.15. The number of ether oxygens (including phenoxy) is 1. The number of nitrogen functional groups attached to an aromatic ring is 1. The molecule has 1 rings (SSSR count). The van der Waals surface area contributed by atoms with Crippen LogP contribution >= 0.6 is 47.8 Å². The van der Waals surface area contributed by atoms with Crippen LogP contribution in [-0.4, -0.2) is 11.9 Å². The predicted octanol–water partition coefficient (Wildman–Crippen LogP) is 3.57. The summed E-state index contributed by atoms with van der Waals surface area (Å²) in [5.41, 5.74) is 6.33. The van der Waals surface area contributed by atoms with Crippen LogP contribution < -0.4 is 10.5 Å². The van der Waals surface area contributed by atoms with Crippen molar-refractivity contribution in [2.24, 2.45) is 0 Å². The molecule has 72 valence electrons. The summed E-state index contributed by atoms with van der Waals surface area (Å²) < 4.78 is 7.20. The molecule has 2 N–H and O–H groups in total. The molecule has 1 aromatic carbocycles. The molecule has 0 aliphatic rings. The summed E-state index contributed by atoms with van der Waals surface area (Å²) in [6, 6.07) is 3.63. The van der Waals surface area contributed by atoms with Gasteiger partial charge in [0.15, 0.2) is 0 Å². The number of rotatable bonds is 3. The minimum Gasteiger partial charge on any atom is -0.490 e. The Morgan fingerprint density at radius 3 is 2.23 bits per heavy atom. The zero-order valence-electron chi connectivity index (χ0n) is 6.69. The first kappa shape index (κ1) is 11.3. The standard InChI is InChI=1S/C8H8Br3NO/c9-1-2-13-8-6(10)3-5(12)4-7(8)11/h3-4H,1-2,12H2. The molecule has 5 heteroatoms. The van der Waals surface area contributed by atoms with Crippen molar-refractivity contribution in [2.75, 3.05) is 17.7 Å². The van der Waals surface area contributed by atoms with Gasteiger partial charge >= 0.3 is 0 Å². The lowest BCUT2D eigenvalue weighted by Crippen LogP contribution is -1.99. The van der Waals surface area contributed by atoms with Crippen LogP contribution in [0.25, 0.3) is 0 Å². The van der Waals surface area contributed by atoms with Crippen molar-refractivity contribution in [3.63, 3.8) is 0 Å². The fourth-order valence-electron chi connectivity index (χ4n) is 0.858. The van der Waals surface area contributed by atoms with Gasteiger partial charge < -0.3 is 10.5 Å². The van der Waals surface area contributed by atoms with E-state index in [1.165, 1.54) is 0 Å². The highest BCUT2D eigenvalue weighted by atomic mass is 79.9. The van der Waals surface area contributed by atoms with Gasteiger partial charge in [-0.15, -0.1) is 0 Å². The number of alkyl halides is 1. The van der Waals surface area contributed by atoms with Gasteiger partial charge in [0.05, 0.1) is 15.6 Å². The zero-order valence-corrected chi connectivity index (χ0v) is 11.4. The Balaban J connectivity index is 2.92. The maximum atomic E-state index is 5.63. The third-order valence-corrected chi connectivity index (χ3v) is 2.85. The second-order valence-corrected chi connectivity index (χ2v) is 4.85. The Morgan fingerprint density at radius 2 is 1.77 bits per heavy atom. The van der Waals surface area contributed by atoms with E-state index in [9.17, 15) is 0 Å². The number of anilines is 1. The van der Waals surface area contributed by atoms with E-state index in [1.54, 1.807) is 0 Å². The molecule has 0 aromatic heterocycles. The molecule has 0 spiro atoms. The zero-order chi connectivity index (χ0) is 9.84. The maximum Gasteiger partial charge on any atom is 0.147 e. The average molecular weight is 374 g/mol. The molecule has 0 atom stereocenters. The normalized spacial score (nSPS) is 10.1. The first-order valence-electron chi connectivity index (χ1n) is 3.58. The molecule has 0 saturated carbocycles. The second-order valence-electron chi connectivity index (χ2n) is 2.35. The van der Waals surface area contributed by atoms with E-state index in [0.717, 1.165) is 20.0 Å². The van der Waals surface area contributed by atoms with Gasteiger partial charge in [0.25, 0.3) is 0 Å². The monoisotopic (exact) mass is 371 g/mol. The van der Waals surface area contributed by atoms with Gasteiger partial charge in [-0.3, -0.25) is 0 Å². The van der Waals surface area contributed by atoms with Crippen LogP contribution in [0.2, 0.25) is 0 Å². The molecule has 0 heterocycles. The van der Waals surface area contributed by atoms with Crippen molar-refractivity contribution < 1.29 is 4.74 Å². The van der Waals surface area contributed by atoms with E-state index in [4.69, 9.17) is 10.5 Å². The van der Waals surface area contributed by atoms with Crippen LogP contribution in [-0.2, 0) is 0 Å². The van der Waals surface area contributed by atoms with Crippen molar-refractivity contribution in [2.45, 2.75) is 0 Å². The molecule has 0 radical (unpaired) electrons. The van der Waals surface area contributed by atoms with Gasteiger partial charge in [-0.25, -0.2) is 0 Å². The smallest absolute Gasteiger partial charge is 0.147 e. The fourth-order valence-corrected chi connectivity index (χ4v) is 2.47. The van der Waals surface area contributed by atoms with Crippen LogP contribution in [0, 0.1) is 0 Å².